The van der Waals surface area contributed by atoms with Crippen LogP contribution < -0.4 is 14.8 Å². The minimum Gasteiger partial charge on any atom is -0.493 e. The van der Waals surface area contributed by atoms with Crippen LogP contribution in [0.25, 0.3) is 0 Å². The van der Waals surface area contributed by atoms with Crippen LogP contribution in [0.5, 0.6) is 11.5 Å². The van der Waals surface area contributed by atoms with Crippen LogP contribution in [0.15, 0.2) is 48.5 Å². The number of likely N-dealkylation sites (tertiary alicyclic amines) is 1. The Kier molecular flexibility index (Phi) is 14.0. The van der Waals surface area contributed by atoms with Gasteiger partial charge < -0.3 is 38.8 Å². The summed E-state index contributed by atoms with van der Waals surface area (Å²) in [5.74, 6) is 0.583. The Hall–Kier alpha value is -3.99. The fraction of sp³-hybridized carbons (Fsp3) is 0.571. The van der Waals surface area contributed by atoms with Crippen LogP contribution in [0.3, 0.4) is 0 Å². The average Bonchev–Trinajstić information content (AvgIpc) is 3.01. The predicted molar refractivity (Wildman–Crippen MR) is 175 cm³/mol. The van der Waals surface area contributed by atoms with Crippen molar-refractivity contribution in [1.82, 2.24) is 15.1 Å². The second kappa shape index (κ2) is 17.6. The molecule has 0 saturated carbocycles. The summed E-state index contributed by atoms with van der Waals surface area (Å²) < 4.78 is 27.8. The lowest BCUT2D eigenvalue weighted by molar-refractivity contribution is -0.00795. The molecule has 11 heteroatoms. The predicted octanol–water partition coefficient (Wildman–Crippen LogP) is 5.56. The van der Waals surface area contributed by atoms with Crippen molar-refractivity contribution >= 4 is 18.1 Å². The van der Waals surface area contributed by atoms with Gasteiger partial charge in [-0.25, -0.2) is 9.59 Å². The van der Waals surface area contributed by atoms with E-state index in [0.717, 1.165) is 5.56 Å². The van der Waals surface area contributed by atoms with Gasteiger partial charge in [0.05, 0.1) is 26.4 Å². The van der Waals surface area contributed by atoms with Crippen molar-refractivity contribution < 1.29 is 38.1 Å². The maximum Gasteiger partial charge on any atom is 0.410 e. The topological polar surface area (TPSA) is 116 Å². The number of carbonyl (C=O) groups excluding carboxylic acids is 3. The lowest BCUT2D eigenvalue weighted by atomic mass is 9.92. The van der Waals surface area contributed by atoms with E-state index in [4.69, 9.17) is 23.7 Å². The smallest absolute Gasteiger partial charge is 0.410 e. The minimum atomic E-state index is -0.690. The Morgan fingerprint density at radius 2 is 1.74 bits per heavy atom. The molecule has 2 aromatic carbocycles. The number of alkyl carbamates (subject to hydrolysis) is 1. The minimum absolute atomic E-state index is 0.0924. The number of rotatable bonds is 14. The summed E-state index contributed by atoms with van der Waals surface area (Å²) >= 11 is 0. The summed E-state index contributed by atoms with van der Waals surface area (Å²) in [6.07, 6.45) is 0.922. The van der Waals surface area contributed by atoms with Crippen LogP contribution in [-0.4, -0.2) is 99.3 Å². The Labute approximate surface area is 273 Å². The van der Waals surface area contributed by atoms with Crippen molar-refractivity contribution in [3.8, 4) is 11.5 Å². The van der Waals surface area contributed by atoms with Gasteiger partial charge in [0.15, 0.2) is 11.5 Å². The second-order valence-corrected chi connectivity index (χ2v) is 12.8. The summed E-state index contributed by atoms with van der Waals surface area (Å²) in [5, 5.41) is 2.80. The van der Waals surface area contributed by atoms with Crippen LogP contribution in [0, 0.1) is 5.92 Å². The maximum atomic E-state index is 14.1. The molecule has 0 aromatic heterocycles. The van der Waals surface area contributed by atoms with Crippen molar-refractivity contribution in [2.75, 3.05) is 53.7 Å². The number of amides is 3. The van der Waals surface area contributed by atoms with E-state index >= 15 is 0 Å². The summed E-state index contributed by atoms with van der Waals surface area (Å²) in [4.78, 5) is 43.3. The zero-order valence-corrected chi connectivity index (χ0v) is 28.4. The van der Waals surface area contributed by atoms with Gasteiger partial charge >= 0.3 is 12.2 Å². The van der Waals surface area contributed by atoms with Gasteiger partial charge in [-0.15, -0.1) is 0 Å². The molecule has 1 unspecified atom stereocenters. The zero-order valence-electron chi connectivity index (χ0n) is 28.4. The zero-order chi connectivity index (χ0) is 33.7. The monoisotopic (exact) mass is 641 g/mol. The molecule has 0 aliphatic carbocycles. The molecule has 2 atom stereocenters. The maximum absolute atomic E-state index is 14.1. The van der Waals surface area contributed by atoms with E-state index in [0.29, 0.717) is 62.6 Å². The Morgan fingerprint density at radius 3 is 2.39 bits per heavy atom. The molecule has 0 radical (unpaired) electrons. The number of carbonyl (C=O) groups is 3. The van der Waals surface area contributed by atoms with Crippen LogP contribution in [0.2, 0.25) is 0 Å². The highest BCUT2D eigenvalue weighted by molar-refractivity contribution is 5.95. The van der Waals surface area contributed by atoms with E-state index in [1.54, 1.807) is 42.2 Å². The number of piperidine rings is 1. The molecule has 0 bridgehead atoms. The first kappa shape index (κ1) is 36.5. The van der Waals surface area contributed by atoms with Gasteiger partial charge in [-0.1, -0.05) is 30.3 Å². The molecule has 3 rings (SSSR count). The first-order valence-electron chi connectivity index (χ1n) is 16.0. The number of hydrogen-bond donors (Lipinski definition) is 1. The Balaban J connectivity index is 1.76. The highest BCUT2D eigenvalue weighted by Crippen LogP contribution is 2.31. The molecule has 1 fully saturated rings. The number of benzene rings is 2. The molecule has 254 valence electrons. The number of hydrogen-bond acceptors (Lipinski definition) is 8. The third-order valence-electron chi connectivity index (χ3n) is 7.49. The van der Waals surface area contributed by atoms with E-state index in [2.05, 4.69) is 5.32 Å². The normalized spacial score (nSPS) is 16.5. The number of ether oxygens (including phenoxy) is 5. The van der Waals surface area contributed by atoms with Crippen molar-refractivity contribution in [2.45, 2.75) is 71.6 Å². The van der Waals surface area contributed by atoms with E-state index in [1.165, 1.54) is 0 Å². The van der Waals surface area contributed by atoms with Gasteiger partial charge in [0.2, 0.25) is 0 Å². The molecule has 0 spiro atoms. The van der Waals surface area contributed by atoms with E-state index in [1.807, 2.05) is 65.0 Å². The molecule has 1 aliphatic heterocycles. The molecule has 3 amide bonds. The van der Waals surface area contributed by atoms with Crippen LogP contribution in [-0.2, 0) is 20.6 Å². The van der Waals surface area contributed by atoms with E-state index in [-0.39, 0.29) is 37.1 Å². The lowest BCUT2D eigenvalue weighted by Gasteiger charge is -2.44. The summed E-state index contributed by atoms with van der Waals surface area (Å²) in [6.45, 7) is 11.5. The van der Waals surface area contributed by atoms with Crippen molar-refractivity contribution in [3.63, 3.8) is 0 Å². The van der Waals surface area contributed by atoms with Crippen LogP contribution >= 0.6 is 0 Å². The molecule has 1 aliphatic rings. The van der Waals surface area contributed by atoms with Gasteiger partial charge in [0, 0.05) is 57.3 Å². The highest BCUT2D eigenvalue weighted by atomic mass is 16.6. The lowest BCUT2D eigenvalue weighted by Crippen LogP contribution is -2.57. The fourth-order valence-corrected chi connectivity index (χ4v) is 5.45. The molecular formula is C35H51N3O8. The van der Waals surface area contributed by atoms with E-state index < -0.39 is 17.8 Å². The van der Waals surface area contributed by atoms with Gasteiger partial charge in [-0.05, 0) is 71.2 Å². The SMILES string of the molecule is COCCCOc1cc(C(=O)N(C(C)C)C2C[C@H](COC(=O)NCCc3ccccc3)CN(C(=O)OC(C)(C)C)C2)ccc1OC. The van der Waals surface area contributed by atoms with Gasteiger partial charge in [-0.3, -0.25) is 4.79 Å². The number of nitrogens with zero attached hydrogens (tertiary/aromatic N) is 2. The second-order valence-electron chi connectivity index (χ2n) is 12.8. The van der Waals surface area contributed by atoms with Crippen molar-refractivity contribution in [1.29, 1.82) is 0 Å². The third-order valence-corrected chi connectivity index (χ3v) is 7.49. The standard InChI is InChI=1S/C35H51N3O8/c1-25(2)38(32(39)28-14-15-30(43-7)31(21-28)44-19-11-18-42-6)29-20-27(22-37(23-29)34(41)46-35(3,4)5)24-45-33(40)36-17-16-26-12-9-8-10-13-26/h8-10,12-15,21,25,27,29H,11,16-20,22-24H2,1-7H3,(H,36,40)/t27-,29?/m0/s1. The van der Waals surface area contributed by atoms with Crippen molar-refractivity contribution in [3.05, 3.63) is 59.7 Å². The quantitative estimate of drug-likeness (QED) is 0.267. The molecular weight excluding hydrogens is 590 g/mol. The van der Waals surface area contributed by atoms with Gasteiger partial charge in [0.25, 0.3) is 5.91 Å². The molecule has 1 heterocycles. The fourth-order valence-electron chi connectivity index (χ4n) is 5.45. The first-order valence-corrected chi connectivity index (χ1v) is 16.0. The van der Waals surface area contributed by atoms with Crippen LogP contribution in [0.4, 0.5) is 9.59 Å². The van der Waals surface area contributed by atoms with Crippen molar-refractivity contribution in [2.24, 2.45) is 5.92 Å². The number of methoxy groups -OCH3 is 2. The molecule has 1 saturated heterocycles. The Morgan fingerprint density at radius 1 is 1.00 bits per heavy atom. The Bertz CT molecular complexity index is 1260. The van der Waals surface area contributed by atoms with Gasteiger partial charge in [0.1, 0.15) is 5.60 Å². The van der Waals surface area contributed by atoms with E-state index in [9.17, 15) is 14.4 Å². The molecule has 11 nitrogen and oxygen atoms in total. The van der Waals surface area contributed by atoms with Gasteiger partial charge in [-0.2, -0.15) is 0 Å². The third kappa shape index (κ3) is 11.4. The summed E-state index contributed by atoms with van der Waals surface area (Å²) in [5.41, 5.74) is 0.868. The summed E-state index contributed by atoms with van der Waals surface area (Å²) in [7, 11) is 3.19. The molecule has 46 heavy (non-hydrogen) atoms. The highest BCUT2D eigenvalue weighted by Gasteiger charge is 2.38. The molecule has 2 aromatic rings. The van der Waals surface area contributed by atoms with Crippen LogP contribution in [0.1, 0.15) is 63.4 Å². The largest absolute Gasteiger partial charge is 0.493 e. The number of nitrogens with one attached hydrogen (secondary N) is 1. The first-order chi connectivity index (χ1) is 21.9. The average molecular weight is 642 g/mol. The molecule has 1 N–H and O–H groups in total. The summed E-state index contributed by atoms with van der Waals surface area (Å²) in [6, 6.07) is 14.5.